The van der Waals surface area contributed by atoms with Crippen LogP contribution in [-0.2, 0) is 4.79 Å². The van der Waals surface area contributed by atoms with E-state index in [2.05, 4.69) is 10.3 Å². The van der Waals surface area contributed by atoms with Gasteiger partial charge in [0, 0.05) is 12.0 Å². The molecule has 0 aromatic carbocycles. The molecule has 0 radical (unpaired) electrons. The third-order valence-electron chi connectivity index (χ3n) is 2.58. The Kier molecular flexibility index (Phi) is 2.44. The number of anilines is 2. The monoisotopic (exact) mass is 236 g/mol. The summed E-state index contributed by atoms with van der Waals surface area (Å²) in [6, 6.07) is 1.93. The normalized spacial score (nSPS) is 18.6. The Labute approximate surface area is 97.2 Å². The van der Waals surface area contributed by atoms with Crippen molar-refractivity contribution in [2.24, 2.45) is 0 Å². The highest BCUT2D eigenvalue weighted by molar-refractivity contribution is 6.31. The second-order valence-corrected chi connectivity index (χ2v) is 4.07. The Bertz CT molecular complexity index is 521. The van der Waals surface area contributed by atoms with Crippen LogP contribution in [0.1, 0.15) is 30.4 Å². The fourth-order valence-electron chi connectivity index (χ4n) is 1.89. The van der Waals surface area contributed by atoms with Gasteiger partial charge in [-0.15, -0.1) is 0 Å². The first-order valence-corrected chi connectivity index (χ1v) is 5.11. The number of carbonyl (C=O) groups is 1. The average molecular weight is 237 g/mol. The van der Waals surface area contributed by atoms with E-state index in [4.69, 9.17) is 22.6 Å². The van der Waals surface area contributed by atoms with E-state index in [0.29, 0.717) is 17.7 Å². The number of nitrogens with two attached hydrogens (primary N) is 1. The van der Waals surface area contributed by atoms with Gasteiger partial charge in [-0.3, -0.25) is 4.79 Å². The number of nitrogens with zero attached hydrogens (tertiary/aromatic N) is 2. The molecule has 16 heavy (non-hydrogen) atoms. The number of carbonyl (C=O) groups excluding carboxylic acids is 1. The second-order valence-electron chi connectivity index (χ2n) is 3.72. The molecular formula is C10H9ClN4O. The molecule has 2 heterocycles. The van der Waals surface area contributed by atoms with Gasteiger partial charge >= 0.3 is 0 Å². The maximum Gasteiger partial charge on any atom is 0.225 e. The lowest BCUT2D eigenvalue weighted by atomic mass is 9.91. The molecule has 0 spiro atoms. The van der Waals surface area contributed by atoms with E-state index in [1.165, 1.54) is 0 Å². The van der Waals surface area contributed by atoms with Gasteiger partial charge in [0.2, 0.25) is 5.91 Å². The van der Waals surface area contributed by atoms with Crippen LogP contribution >= 0.6 is 11.6 Å². The minimum absolute atomic E-state index is 0.0214. The third kappa shape index (κ3) is 1.48. The zero-order valence-corrected chi connectivity index (χ0v) is 9.30. The van der Waals surface area contributed by atoms with Gasteiger partial charge in [0.05, 0.1) is 5.69 Å². The van der Waals surface area contributed by atoms with E-state index in [1.54, 1.807) is 0 Å². The van der Waals surface area contributed by atoms with Crippen LogP contribution < -0.4 is 11.1 Å². The first kappa shape index (κ1) is 10.7. The summed E-state index contributed by atoms with van der Waals surface area (Å²) in [5.41, 5.74) is 7.02. The van der Waals surface area contributed by atoms with Crippen molar-refractivity contribution in [3.63, 3.8) is 0 Å². The number of aromatic nitrogens is 1. The molecule has 1 aromatic heterocycles. The highest BCUT2D eigenvalue weighted by Gasteiger charge is 2.28. The maximum atomic E-state index is 11.4. The highest BCUT2D eigenvalue weighted by Crippen LogP contribution is 2.39. The largest absolute Gasteiger partial charge is 0.383 e. The van der Waals surface area contributed by atoms with Crippen molar-refractivity contribution in [2.45, 2.75) is 19.3 Å². The number of nitriles is 1. The molecule has 0 saturated heterocycles. The minimum atomic E-state index is -0.141. The van der Waals surface area contributed by atoms with E-state index < -0.39 is 0 Å². The topological polar surface area (TPSA) is 91.8 Å². The lowest BCUT2D eigenvalue weighted by Gasteiger charge is -2.24. The van der Waals surface area contributed by atoms with E-state index in [0.717, 1.165) is 0 Å². The zero-order valence-electron chi connectivity index (χ0n) is 8.54. The van der Waals surface area contributed by atoms with Gasteiger partial charge < -0.3 is 11.1 Å². The molecule has 0 bridgehead atoms. The van der Waals surface area contributed by atoms with Gasteiger partial charge in [-0.1, -0.05) is 18.5 Å². The number of nitrogen functional groups attached to an aromatic ring is 1. The average Bonchev–Trinajstić information content (AvgIpc) is 2.15. The molecule has 1 aliphatic rings. The quantitative estimate of drug-likeness (QED) is 0.670. The van der Waals surface area contributed by atoms with Crippen LogP contribution in [0.3, 0.4) is 0 Å². The highest BCUT2D eigenvalue weighted by atomic mass is 35.5. The van der Waals surface area contributed by atoms with Crippen LogP contribution in [0.25, 0.3) is 0 Å². The minimum Gasteiger partial charge on any atom is -0.383 e. The Balaban J connectivity index is 2.75. The van der Waals surface area contributed by atoms with Gasteiger partial charge in [0.15, 0.2) is 5.15 Å². The number of pyridine rings is 1. The maximum absolute atomic E-state index is 11.4. The molecule has 0 saturated carbocycles. The zero-order chi connectivity index (χ0) is 11.9. The van der Waals surface area contributed by atoms with E-state index in [-0.39, 0.29) is 28.4 Å². The predicted molar refractivity (Wildman–Crippen MR) is 60.0 cm³/mol. The van der Waals surface area contributed by atoms with Gasteiger partial charge in [-0.25, -0.2) is 4.98 Å². The molecule has 1 atom stereocenters. The fourth-order valence-corrected chi connectivity index (χ4v) is 2.12. The summed E-state index contributed by atoms with van der Waals surface area (Å²) in [7, 11) is 0. The van der Waals surface area contributed by atoms with Crippen LogP contribution in [0, 0.1) is 11.3 Å². The second kappa shape index (κ2) is 3.65. The van der Waals surface area contributed by atoms with Crippen molar-refractivity contribution in [3.8, 4) is 6.07 Å². The van der Waals surface area contributed by atoms with E-state index >= 15 is 0 Å². The van der Waals surface area contributed by atoms with E-state index in [1.807, 2.05) is 13.0 Å². The standard InChI is InChI=1S/C10H9ClN4O/c1-4-2-6(16)14-8-5(3-12)9(11)15-10(13)7(4)8/h4H,2H2,1H3,(H2,13,15)(H,14,16)/t4-/m1/s1. The molecular weight excluding hydrogens is 228 g/mol. The molecule has 3 N–H and O–H groups in total. The van der Waals surface area contributed by atoms with Crippen LogP contribution in [-0.4, -0.2) is 10.9 Å². The summed E-state index contributed by atoms with van der Waals surface area (Å²) in [6.45, 7) is 1.87. The summed E-state index contributed by atoms with van der Waals surface area (Å²) >= 11 is 5.80. The SMILES string of the molecule is C[C@@H]1CC(=O)Nc2c(C#N)c(Cl)nc(N)c21. The Morgan fingerprint density at radius 3 is 3.00 bits per heavy atom. The lowest BCUT2D eigenvalue weighted by Crippen LogP contribution is -2.24. The van der Waals surface area contributed by atoms with Crippen LogP contribution in [0.4, 0.5) is 11.5 Å². The number of hydrogen-bond acceptors (Lipinski definition) is 4. The van der Waals surface area contributed by atoms with Crippen molar-refractivity contribution in [1.29, 1.82) is 5.26 Å². The number of hydrogen-bond donors (Lipinski definition) is 2. The molecule has 0 fully saturated rings. The van der Waals surface area contributed by atoms with Crippen molar-refractivity contribution >= 4 is 29.0 Å². The van der Waals surface area contributed by atoms with Crippen molar-refractivity contribution in [1.82, 2.24) is 4.98 Å². The Morgan fingerprint density at radius 1 is 1.69 bits per heavy atom. The first-order chi connectivity index (χ1) is 7.54. The molecule has 2 rings (SSSR count). The van der Waals surface area contributed by atoms with Crippen molar-refractivity contribution in [2.75, 3.05) is 11.1 Å². The molecule has 1 aliphatic heterocycles. The molecule has 6 heteroatoms. The molecule has 5 nitrogen and oxygen atoms in total. The van der Waals surface area contributed by atoms with Gasteiger partial charge in [0.25, 0.3) is 0 Å². The van der Waals surface area contributed by atoms with Crippen LogP contribution in [0.2, 0.25) is 5.15 Å². The van der Waals surface area contributed by atoms with Crippen molar-refractivity contribution in [3.05, 3.63) is 16.3 Å². The molecule has 0 aliphatic carbocycles. The van der Waals surface area contributed by atoms with Crippen LogP contribution in [0.5, 0.6) is 0 Å². The van der Waals surface area contributed by atoms with Gasteiger partial charge in [-0.2, -0.15) is 5.26 Å². The summed E-state index contributed by atoms with van der Waals surface area (Å²) in [4.78, 5) is 15.3. The lowest BCUT2D eigenvalue weighted by molar-refractivity contribution is -0.116. The number of fused-ring (bicyclic) bond motifs is 1. The Morgan fingerprint density at radius 2 is 2.38 bits per heavy atom. The molecule has 1 aromatic rings. The molecule has 1 amide bonds. The fraction of sp³-hybridized carbons (Fsp3) is 0.300. The molecule has 82 valence electrons. The van der Waals surface area contributed by atoms with E-state index in [9.17, 15) is 4.79 Å². The molecule has 0 unspecified atom stereocenters. The Hall–Kier alpha value is -1.80. The number of rotatable bonds is 0. The summed E-state index contributed by atoms with van der Waals surface area (Å²) < 4.78 is 0. The summed E-state index contributed by atoms with van der Waals surface area (Å²) in [5.74, 6) is 0.0743. The predicted octanol–water partition coefficient (Wildman–Crippen LogP) is 1.63. The smallest absolute Gasteiger partial charge is 0.225 e. The first-order valence-electron chi connectivity index (χ1n) is 4.73. The number of halogens is 1. The summed E-state index contributed by atoms with van der Waals surface area (Å²) in [6.07, 6.45) is 0.339. The van der Waals surface area contributed by atoms with Crippen LogP contribution in [0.15, 0.2) is 0 Å². The number of amides is 1. The number of nitrogens with one attached hydrogen (secondary N) is 1. The van der Waals surface area contributed by atoms with Gasteiger partial charge in [-0.05, 0) is 5.92 Å². The van der Waals surface area contributed by atoms with Gasteiger partial charge in [0.1, 0.15) is 17.5 Å². The van der Waals surface area contributed by atoms with Crippen molar-refractivity contribution < 1.29 is 4.79 Å². The third-order valence-corrected chi connectivity index (χ3v) is 2.85. The summed E-state index contributed by atoms with van der Waals surface area (Å²) in [5, 5.41) is 11.6.